The van der Waals surface area contributed by atoms with Gasteiger partial charge in [0.1, 0.15) is 5.84 Å². The van der Waals surface area contributed by atoms with Crippen LogP contribution >= 0.6 is 11.3 Å². The first kappa shape index (κ1) is 13.5. The standard InChI is InChI=1S/C11H17N3O2S/c1-3-14(5-4-10(12)13-16)11(15)9-7-17-6-8(9)2/h6-7,16H,3-5H2,1-2H3,(H2,12,13). The number of rotatable bonds is 5. The van der Waals surface area contributed by atoms with E-state index in [9.17, 15) is 4.79 Å². The second kappa shape index (κ2) is 6.24. The zero-order valence-electron chi connectivity index (χ0n) is 10.0. The molecule has 0 aromatic carbocycles. The lowest BCUT2D eigenvalue weighted by Crippen LogP contribution is -2.34. The zero-order chi connectivity index (χ0) is 12.8. The van der Waals surface area contributed by atoms with E-state index in [-0.39, 0.29) is 11.7 Å². The lowest BCUT2D eigenvalue weighted by Gasteiger charge is -2.20. The van der Waals surface area contributed by atoms with E-state index in [0.717, 1.165) is 11.1 Å². The second-order valence-corrected chi connectivity index (χ2v) is 4.44. The van der Waals surface area contributed by atoms with Gasteiger partial charge in [0.2, 0.25) is 0 Å². The van der Waals surface area contributed by atoms with Crippen LogP contribution in [0.15, 0.2) is 15.9 Å². The fraction of sp³-hybridized carbons (Fsp3) is 0.455. The van der Waals surface area contributed by atoms with Gasteiger partial charge in [-0.25, -0.2) is 0 Å². The molecule has 3 N–H and O–H groups in total. The molecule has 17 heavy (non-hydrogen) atoms. The highest BCUT2D eigenvalue weighted by Gasteiger charge is 2.16. The lowest BCUT2D eigenvalue weighted by molar-refractivity contribution is 0.0768. The number of hydrogen-bond donors (Lipinski definition) is 2. The average molecular weight is 255 g/mol. The third-order valence-corrected chi connectivity index (χ3v) is 3.38. The van der Waals surface area contributed by atoms with E-state index in [1.54, 1.807) is 4.90 Å². The maximum atomic E-state index is 12.1. The first-order valence-corrected chi connectivity index (χ1v) is 6.32. The van der Waals surface area contributed by atoms with Crippen molar-refractivity contribution >= 4 is 23.1 Å². The number of nitrogens with zero attached hydrogens (tertiary/aromatic N) is 2. The Labute approximate surface area is 105 Å². The van der Waals surface area contributed by atoms with Crippen molar-refractivity contribution in [1.29, 1.82) is 0 Å². The molecule has 1 heterocycles. The molecule has 1 aromatic rings. The second-order valence-electron chi connectivity index (χ2n) is 3.69. The van der Waals surface area contributed by atoms with Crippen LogP contribution < -0.4 is 5.73 Å². The summed E-state index contributed by atoms with van der Waals surface area (Å²) in [5.41, 5.74) is 7.11. The molecular weight excluding hydrogens is 238 g/mol. The molecule has 94 valence electrons. The molecule has 0 fully saturated rings. The fourth-order valence-electron chi connectivity index (χ4n) is 1.45. The summed E-state index contributed by atoms with van der Waals surface area (Å²) >= 11 is 1.52. The molecule has 5 nitrogen and oxygen atoms in total. The number of nitrogens with two attached hydrogens (primary N) is 1. The van der Waals surface area contributed by atoms with Gasteiger partial charge in [-0.1, -0.05) is 5.16 Å². The first-order valence-electron chi connectivity index (χ1n) is 5.38. The monoisotopic (exact) mass is 255 g/mol. The van der Waals surface area contributed by atoms with Gasteiger partial charge in [0.05, 0.1) is 5.56 Å². The number of hydrogen-bond acceptors (Lipinski definition) is 4. The van der Waals surface area contributed by atoms with Gasteiger partial charge < -0.3 is 15.8 Å². The van der Waals surface area contributed by atoms with E-state index < -0.39 is 0 Å². The summed E-state index contributed by atoms with van der Waals surface area (Å²) < 4.78 is 0. The van der Waals surface area contributed by atoms with Crippen LogP contribution in [0.5, 0.6) is 0 Å². The van der Waals surface area contributed by atoms with Gasteiger partial charge in [-0.05, 0) is 24.8 Å². The van der Waals surface area contributed by atoms with E-state index >= 15 is 0 Å². The molecule has 0 unspecified atom stereocenters. The molecule has 0 spiro atoms. The van der Waals surface area contributed by atoms with Crippen molar-refractivity contribution in [3.8, 4) is 0 Å². The third kappa shape index (κ3) is 3.45. The fourth-order valence-corrected chi connectivity index (χ4v) is 2.27. The molecule has 0 atom stereocenters. The van der Waals surface area contributed by atoms with Crippen LogP contribution in [0.4, 0.5) is 0 Å². The van der Waals surface area contributed by atoms with E-state index in [4.69, 9.17) is 10.9 Å². The predicted octanol–water partition coefficient (Wildman–Crippen LogP) is 1.66. The van der Waals surface area contributed by atoms with Crippen LogP contribution in [-0.4, -0.2) is 34.9 Å². The Hall–Kier alpha value is -1.56. The molecule has 1 aromatic heterocycles. The van der Waals surface area contributed by atoms with Gasteiger partial charge in [-0.3, -0.25) is 4.79 Å². The topological polar surface area (TPSA) is 78.9 Å². The molecule has 1 rings (SSSR count). The van der Waals surface area contributed by atoms with Gasteiger partial charge in [0.15, 0.2) is 0 Å². The Morgan fingerprint density at radius 3 is 2.76 bits per heavy atom. The van der Waals surface area contributed by atoms with Gasteiger partial charge >= 0.3 is 0 Å². The molecule has 1 amide bonds. The van der Waals surface area contributed by atoms with E-state index in [1.807, 2.05) is 24.6 Å². The maximum Gasteiger partial charge on any atom is 0.254 e. The van der Waals surface area contributed by atoms with Crippen molar-refractivity contribution in [3.63, 3.8) is 0 Å². The van der Waals surface area contributed by atoms with Crippen LogP contribution in [0.2, 0.25) is 0 Å². The molecule has 6 heteroatoms. The van der Waals surface area contributed by atoms with Crippen LogP contribution in [0.3, 0.4) is 0 Å². The Kier molecular flexibility index (Phi) is 4.96. The summed E-state index contributed by atoms with van der Waals surface area (Å²) in [6, 6.07) is 0. The van der Waals surface area contributed by atoms with Crippen LogP contribution in [0.25, 0.3) is 0 Å². The molecule has 0 bridgehead atoms. The van der Waals surface area contributed by atoms with Crippen LogP contribution in [-0.2, 0) is 0 Å². The largest absolute Gasteiger partial charge is 0.409 e. The Morgan fingerprint density at radius 1 is 1.59 bits per heavy atom. The van der Waals surface area contributed by atoms with Gasteiger partial charge in [-0.15, -0.1) is 0 Å². The summed E-state index contributed by atoms with van der Waals surface area (Å²) in [5.74, 6) is 0.135. The van der Waals surface area contributed by atoms with Crippen molar-refractivity contribution in [2.75, 3.05) is 13.1 Å². The highest BCUT2D eigenvalue weighted by molar-refractivity contribution is 7.08. The average Bonchev–Trinajstić information content (AvgIpc) is 2.75. The van der Waals surface area contributed by atoms with Crippen LogP contribution in [0, 0.1) is 6.92 Å². The number of thiophene rings is 1. The van der Waals surface area contributed by atoms with Gasteiger partial charge in [0, 0.05) is 24.9 Å². The SMILES string of the molecule is CCN(CCC(N)=NO)C(=O)c1cscc1C. The molecule has 0 saturated heterocycles. The summed E-state index contributed by atoms with van der Waals surface area (Å²) in [6.07, 6.45) is 0.374. The van der Waals surface area contributed by atoms with Crippen LogP contribution in [0.1, 0.15) is 29.3 Å². The number of amidine groups is 1. The first-order chi connectivity index (χ1) is 8.10. The highest BCUT2D eigenvalue weighted by Crippen LogP contribution is 2.16. The number of carbonyl (C=O) groups is 1. The summed E-state index contributed by atoms with van der Waals surface area (Å²) in [5, 5.41) is 15.1. The maximum absolute atomic E-state index is 12.1. The number of carbonyl (C=O) groups excluding carboxylic acids is 1. The molecule has 0 aliphatic heterocycles. The summed E-state index contributed by atoms with van der Waals surface area (Å²) in [4.78, 5) is 13.8. The Bertz CT molecular complexity index is 415. The smallest absolute Gasteiger partial charge is 0.254 e. The van der Waals surface area contributed by atoms with E-state index in [1.165, 1.54) is 11.3 Å². The van der Waals surface area contributed by atoms with Crippen molar-refractivity contribution in [2.24, 2.45) is 10.9 Å². The van der Waals surface area contributed by atoms with Gasteiger partial charge in [0.25, 0.3) is 5.91 Å². The Balaban J connectivity index is 2.68. The minimum atomic E-state index is -0.00279. The predicted molar refractivity (Wildman–Crippen MR) is 68.7 cm³/mol. The number of oxime groups is 1. The van der Waals surface area contributed by atoms with Crippen molar-refractivity contribution in [2.45, 2.75) is 20.3 Å². The minimum absolute atomic E-state index is 0.00279. The van der Waals surface area contributed by atoms with E-state index in [0.29, 0.717) is 19.5 Å². The number of amides is 1. The number of aryl methyl sites for hydroxylation is 1. The van der Waals surface area contributed by atoms with Gasteiger partial charge in [-0.2, -0.15) is 11.3 Å². The molecule has 0 aliphatic carbocycles. The summed E-state index contributed by atoms with van der Waals surface area (Å²) in [6.45, 7) is 4.89. The minimum Gasteiger partial charge on any atom is -0.409 e. The summed E-state index contributed by atoms with van der Waals surface area (Å²) in [7, 11) is 0. The molecular formula is C11H17N3O2S. The van der Waals surface area contributed by atoms with Crippen molar-refractivity contribution < 1.29 is 10.0 Å². The Morgan fingerprint density at radius 2 is 2.29 bits per heavy atom. The quantitative estimate of drug-likeness (QED) is 0.363. The van der Waals surface area contributed by atoms with Crippen molar-refractivity contribution in [1.82, 2.24) is 4.90 Å². The molecule has 0 saturated carbocycles. The van der Waals surface area contributed by atoms with Crippen molar-refractivity contribution in [3.05, 3.63) is 21.9 Å². The normalized spacial score (nSPS) is 11.5. The molecule has 0 aliphatic rings. The zero-order valence-corrected chi connectivity index (χ0v) is 10.8. The highest BCUT2D eigenvalue weighted by atomic mass is 32.1. The lowest BCUT2D eigenvalue weighted by atomic mass is 10.2. The molecule has 0 radical (unpaired) electrons. The van der Waals surface area contributed by atoms with E-state index in [2.05, 4.69) is 5.16 Å². The third-order valence-electron chi connectivity index (χ3n) is 2.52.